The highest BCUT2D eigenvalue weighted by atomic mass is 32.2. The number of carbonyl (C=O) groups is 3. The van der Waals surface area contributed by atoms with Crippen LogP contribution in [0.1, 0.15) is 33.1 Å². The molecule has 37 heavy (non-hydrogen) atoms. The molecule has 2 bridgehead atoms. The van der Waals surface area contributed by atoms with Gasteiger partial charge in [0.15, 0.2) is 0 Å². The van der Waals surface area contributed by atoms with Crippen molar-refractivity contribution in [3.8, 4) is 0 Å². The number of ether oxygens (including phenoxy) is 1. The van der Waals surface area contributed by atoms with Gasteiger partial charge in [0, 0.05) is 36.6 Å². The largest absolute Gasteiger partial charge is 0.394 e. The van der Waals surface area contributed by atoms with Crippen molar-refractivity contribution in [1.82, 2.24) is 15.1 Å². The zero-order valence-corrected chi connectivity index (χ0v) is 22.5. The van der Waals surface area contributed by atoms with Gasteiger partial charge < -0.3 is 25.4 Å². The standard InChI is InChI=1S/C27H38N4O5S/c1-3-19(17-32)31-22(24(34)28-11-12-30-13-15-36-16-14-30)27-10-9-26(2,37-27)20(21(27)25(31)35)23(33)29-18-7-5-4-6-8-18/h4-8,19-22,32H,3,9-17H2,1-2H3,(H,28,34)(H,29,33)/t19-,20+,21-,22?,26-,27?/m0/s1. The van der Waals surface area contributed by atoms with E-state index in [-0.39, 0.29) is 24.3 Å². The second-order valence-corrected chi connectivity index (χ2v) is 12.7. The maximum Gasteiger partial charge on any atom is 0.244 e. The molecule has 0 saturated carbocycles. The van der Waals surface area contributed by atoms with Crippen LogP contribution in [0.25, 0.3) is 0 Å². The number of aliphatic hydroxyl groups excluding tert-OH is 1. The molecule has 1 spiro atoms. The first-order chi connectivity index (χ1) is 17.8. The molecule has 4 heterocycles. The number of benzene rings is 1. The summed E-state index contributed by atoms with van der Waals surface area (Å²) in [7, 11) is 0. The summed E-state index contributed by atoms with van der Waals surface area (Å²) < 4.78 is 4.29. The molecule has 5 rings (SSSR count). The number of para-hydroxylation sites is 1. The quantitative estimate of drug-likeness (QED) is 0.442. The molecule has 4 fully saturated rings. The maximum absolute atomic E-state index is 14.1. The normalized spacial score (nSPS) is 33.9. The molecule has 4 aliphatic rings. The minimum atomic E-state index is -0.715. The second-order valence-electron chi connectivity index (χ2n) is 10.8. The van der Waals surface area contributed by atoms with E-state index in [1.807, 2.05) is 37.3 Å². The topological polar surface area (TPSA) is 111 Å². The van der Waals surface area contributed by atoms with Gasteiger partial charge in [0.25, 0.3) is 0 Å². The zero-order chi connectivity index (χ0) is 26.2. The summed E-state index contributed by atoms with van der Waals surface area (Å²) >= 11 is 1.65. The molecular formula is C27H38N4O5S. The van der Waals surface area contributed by atoms with Crippen LogP contribution >= 0.6 is 11.8 Å². The zero-order valence-electron chi connectivity index (χ0n) is 21.7. The molecular weight excluding hydrogens is 492 g/mol. The number of nitrogens with zero attached hydrogens (tertiary/aromatic N) is 2. The number of aliphatic hydroxyl groups is 1. The van der Waals surface area contributed by atoms with E-state index in [1.165, 1.54) is 0 Å². The summed E-state index contributed by atoms with van der Waals surface area (Å²) in [5.41, 5.74) is 0.694. The van der Waals surface area contributed by atoms with E-state index in [4.69, 9.17) is 4.74 Å². The molecule has 2 unspecified atom stereocenters. The first-order valence-electron chi connectivity index (χ1n) is 13.4. The Kier molecular flexibility index (Phi) is 7.55. The fourth-order valence-electron chi connectivity index (χ4n) is 6.87. The van der Waals surface area contributed by atoms with Gasteiger partial charge in [0.05, 0.1) is 42.4 Å². The van der Waals surface area contributed by atoms with Crippen LogP contribution in [0.5, 0.6) is 0 Å². The van der Waals surface area contributed by atoms with Crippen LogP contribution in [0.4, 0.5) is 5.69 Å². The van der Waals surface area contributed by atoms with Gasteiger partial charge in [-0.15, -0.1) is 11.8 Å². The van der Waals surface area contributed by atoms with Crippen molar-refractivity contribution in [1.29, 1.82) is 0 Å². The number of likely N-dealkylation sites (tertiary alicyclic amines) is 1. The van der Waals surface area contributed by atoms with Crippen molar-refractivity contribution in [3.63, 3.8) is 0 Å². The Labute approximate surface area is 222 Å². The van der Waals surface area contributed by atoms with Crippen molar-refractivity contribution >= 4 is 35.2 Å². The Morgan fingerprint density at radius 3 is 2.59 bits per heavy atom. The van der Waals surface area contributed by atoms with E-state index >= 15 is 0 Å². The SMILES string of the molecule is CC[C@@H](CO)N1C(=O)[C@@H]2[C@H](C(=O)Nc3ccccc3)[C@]3(C)CCC2(S3)C1C(=O)NCCN1CCOCC1. The van der Waals surface area contributed by atoms with E-state index in [0.29, 0.717) is 38.3 Å². The molecule has 10 heteroatoms. The lowest BCUT2D eigenvalue weighted by atomic mass is 9.66. The minimum absolute atomic E-state index is 0.175. The average molecular weight is 531 g/mol. The molecule has 1 aromatic carbocycles. The smallest absolute Gasteiger partial charge is 0.244 e. The van der Waals surface area contributed by atoms with Crippen molar-refractivity contribution in [2.45, 2.75) is 54.7 Å². The number of carbonyl (C=O) groups excluding carboxylic acids is 3. The highest BCUT2D eigenvalue weighted by Gasteiger charge is 2.77. The average Bonchev–Trinajstić information content (AvgIpc) is 3.47. The maximum atomic E-state index is 14.1. The van der Waals surface area contributed by atoms with E-state index in [1.54, 1.807) is 16.7 Å². The summed E-state index contributed by atoms with van der Waals surface area (Å²) in [5, 5.41) is 16.3. The van der Waals surface area contributed by atoms with Crippen molar-refractivity contribution < 1.29 is 24.2 Å². The Morgan fingerprint density at radius 2 is 1.92 bits per heavy atom. The van der Waals surface area contributed by atoms with Gasteiger partial charge in [-0.1, -0.05) is 25.1 Å². The molecule has 4 saturated heterocycles. The van der Waals surface area contributed by atoms with E-state index in [2.05, 4.69) is 22.5 Å². The van der Waals surface area contributed by atoms with E-state index in [0.717, 1.165) is 26.1 Å². The molecule has 0 aliphatic carbocycles. The minimum Gasteiger partial charge on any atom is -0.394 e. The van der Waals surface area contributed by atoms with Crippen molar-refractivity contribution in [3.05, 3.63) is 30.3 Å². The van der Waals surface area contributed by atoms with Crippen LogP contribution < -0.4 is 10.6 Å². The van der Waals surface area contributed by atoms with Gasteiger partial charge in [-0.3, -0.25) is 19.3 Å². The molecule has 0 aromatic heterocycles. The third-order valence-corrected chi connectivity index (χ3v) is 10.7. The van der Waals surface area contributed by atoms with Gasteiger partial charge in [0.1, 0.15) is 6.04 Å². The predicted octanol–water partition coefficient (Wildman–Crippen LogP) is 1.33. The van der Waals surface area contributed by atoms with Crippen LogP contribution in [0.15, 0.2) is 30.3 Å². The Bertz CT molecular complexity index is 1020. The van der Waals surface area contributed by atoms with Crippen LogP contribution in [-0.4, -0.2) is 100 Å². The fourth-order valence-corrected chi connectivity index (χ4v) is 9.21. The molecule has 3 amide bonds. The van der Waals surface area contributed by atoms with Gasteiger partial charge in [0.2, 0.25) is 17.7 Å². The number of hydrogen-bond donors (Lipinski definition) is 3. The highest BCUT2D eigenvalue weighted by Crippen LogP contribution is 2.71. The number of fused-ring (bicyclic) bond motifs is 1. The van der Waals surface area contributed by atoms with Crippen LogP contribution in [0, 0.1) is 11.8 Å². The van der Waals surface area contributed by atoms with Gasteiger partial charge in [-0.05, 0) is 38.3 Å². The molecule has 0 radical (unpaired) electrons. The monoisotopic (exact) mass is 530 g/mol. The van der Waals surface area contributed by atoms with Crippen molar-refractivity contribution in [2.75, 3.05) is 51.3 Å². The molecule has 6 atom stereocenters. The number of thioether (sulfide) groups is 1. The lowest BCUT2D eigenvalue weighted by Gasteiger charge is -2.37. The number of morpholine rings is 1. The summed E-state index contributed by atoms with van der Waals surface area (Å²) in [5.74, 6) is -1.69. The summed E-state index contributed by atoms with van der Waals surface area (Å²) in [6.45, 7) is 8.03. The number of nitrogens with one attached hydrogen (secondary N) is 2. The van der Waals surface area contributed by atoms with Gasteiger partial charge in [-0.25, -0.2) is 0 Å². The predicted molar refractivity (Wildman–Crippen MR) is 142 cm³/mol. The van der Waals surface area contributed by atoms with Crippen LogP contribution in [0.2, 0.25) is 0 Å². The Morgan fingerprint density at radius 1 is 1.19 bits per heavy atom. The molecule has 3 N–H and O–H groups in total. The Balaban J connectivity index is 1.41. The molecule has 202 valence electrons. The van der Waals surface area contributed by atoms with Gasteiger partial charge >= 0.3 is 0 Å². The fraction of sp³-hybridized carbons (Fsp3) is 0.667. The van der Waals surface area contributed by atoms with Gasteiger partial charge in [-0.2, -0.15) is 0 Å². The highest BCUT2D eigenvalue weighted by molar-refractivity contribution is 8.02. The summed E-state index contributed by atoms with van der Waals surface area (Å²) in [4.78, 5) is 45.5. The Hall–Kier alpha value is -2.14. The second kappa shape index (κ2) is 10.6. The lowest BCUT2D eigenvalue weighted by Crippen LogP contribution is -2.57. The summed E-state index contributed by atoms with van der Waals surface area (Å²) in [6.07, 6.45) is 1.99. The van der Waals surface area contributed by atoms with Crippen LogP contribution in [0.3, 0.4) is 0 Å². The van der Waals surface area contributed by atoms with Crippen molar-refractivity contribution in [2.24, 2.45) is 11.8 Å². The molecule has 1 aromatic rings. The van der Waals surface area contributed by atoms with Crippen LogP contribution in [-0.2, 0) is 19.1 Å². The summed E-state index contributed by atoms with van der Waals surface area (Å²) in [6, 6.07) is 8.11. The molecule has 9 nitrogen and oxygen atoms in total. The number of anilines is 1. The first-order valence-corrected chi connectivity index (χ1v) is 14.2. The number of rotatable bonds is 9. The third kappa shape index (κ3) is 4.56. The third-order valence-electron chi connectivity index (χ3n) is 8.69. The molecule has 4 aliphatic heterocycles. The number of amides is 3. The van der Waals surface area contributed by atoms with E-state index in [9.17, 15) is 19.5 Å². The lowest BCUT2D eigenvalue weighted by molar-refractivity contribution is -0.142. The van der Waals surface area contributed by atoms with E-state index < -0.39 is 33.4 Å². The number of hydrogen-bond acceptors (Lipinski definition) is 7. The first kappa shape index (κ1) is 26.5.